The molecule has 0 spiro atoms. The lowest BCUT2D eigenvalue weighted by atomic mass is 9.95. The van der Waals surface area contributed by atoms with Gasteiger partial charge >= 0.3 is 0 Å². The van der Waals surface area contributed by atoms with Crippen LogP contribution in [0, 0.1) is 0 Å². The molecule has 8 heteroatoms. The minimum atomic E-state index is -0.565. The van der Waals surface area contributed by atoms with E-state index in [1.54, 1.807) is 23.9 Å². The monoisotopic (exact) mass is 559 g/mol. The van der Waals surface area contributed by atoms with Crippen LogP contribution in [0.15, 0.2) is 93.5 Å². The maximum absolute atomic E-state index is 13.3. The lowest BCUT2D eigenvalue weighted by Crippen LogP contribution is -2.32. The summed E-state index contributed by atoms with van der Waals surface area (Å²) < 4.78 is 0.936. The average Bonchev–Trinajstić information content (AvgIpc) is 2.79. The zero-order chi connectivity index (χ0) is 23.4. The first-order chi connectivity index (χ1) is 15.9. The topological polar surface area (TPSA) is 53.5 Å². The second-order valence-corrected chi connectivity index (χ2v) is 10.1. The molecule has 4 rings (SSSR count). The maximum atomic E-state index is 13.3. The van der Waals surface area contributed by atoms with Crippen LogP contribution in [-0.2, 0) is 10.5 Å². The Kier molecular flexibility index (Phi) is 7.81. The molecule has 2 N–H and O–H groups in total. The van der Waals surface area contributed by atoms with Gasteiger partial charge in [-0.3, -0.25) is 4.79 Å². The molecule has 1 amide bonds. The second-order valence-electron chi connectivity index (χ2n) is 7.40. The van der Waals surface area contributed by atoms with Gasteiger partial charge in [0, 0.05) is 37.2 Å². The standard InChI is InChI=1S/C25H20BrCl2N3OS/c1-15-22(24(32)30-19-10-7-17(26)8-11-19)23(20-12-9-18(27)13-21(20)28)31-25(29-15)33-14-16-5-3-2-4-6-16/h2-13,23H,14H2,1H3,(H,29,31)(H,30,32). The molecule has 3 aromatic carbocycles. The van der Waals surface area contributed by atoms with Crippen molar-refractivity contribution >= 4 is 67.7 Å². The molecule has 1 atom stereocenters. The molecule has 168 valence electrons. The van der Waals surface area contributed by atoms with Crippen molar-refractivity contribution in [1.29, 1.82) is 0 Å². The van der Waals surface area contributed by atoms with Crippen molar-refractivity contribution in [2.24, 2.45) is 4.99 Å². The van der Waals surface area contributed by atoms with E-state index in [0.717, 1.165) is 26.7 Å². The maximum Gasteiger partial charge on any atom is 0.255 e. The highest BCUT2D eigenvalue weighted by Gasteiger charge is 2.31. The summed E-state index contributed by atoms with van der Waals surface area (Å²) in [7, 11) is 0. The van der Waals surface area contributed by atoms with E-state index in [9.17, 15) is 4.79 Å². The number of hydrogen-bond donors (Lipinski definition) is 2. The highest BCUT2D eigenvalue weighted by Crippen LogP contribution is 2.37. The normalized spacial score (nSPS) is 15.6. The third-order valence-electron chi connectivity index (χ3n) is 5.04. The summed E-state index contributed by atoms with van der Waals surface area (Å²) in [4.78, 5) is 18.2. The Labute approximate surface area is 215 Å². The number of anilines is 1. The molecule has 0 aliphatic carbocycles. The van der Waals surface area contributed by atoms with Crippen LogP contribution in [0.1, 0.15) is 24.1 Å². The van der Waals surface area contributed by atoms with Crippen LogP contribution in [0.4, 0.5) is 5.69 Å². The summed E-state index contributed by atoms with van der Waals surface area (Å²) in [5, 5.41) is 7.99. The summed E-state index contributed by atoms with van der Waals surface area (Å²) in [6.07, 6.45) is 0. The zero-order valence-electron chi connectivity index (χ0n) is 17.6. The van der Waals surface area contributed by atoms with Crippen molar-refractivity contribution in [3.05, 3.63) is 110 Å². The molecule has 0 radical (unpaired) electrons. The third kappa shape index (κ3) is 6.01. The quantitative estimate of drug-likeness (QED) is 0.338. The molecule has 0 saturated heterocycles. The number of benzene rings is 3. The van der Waals surface area contributed by atoms with Gasteiger partial charge in [-0.2, -0.15) is 0 Å². The van der Waals surface area contributed by atoms with Gasteiger partial charge in [0.05, 0.1) is 5.57 Å². The first kappa shape index (κ1) is 23.9. The highest BCUT2D eigenvalue weighted by molar-refractivity contribution is 9.10. The lowest BCUT2D eigenvalue weighted by Gasteiger charge is -2.27. The van der Waals surface area contributed by atoms with Crippen LogP contribution in [0.25, 0.3) is 0 Å². The largest absolute Gasteiger partial charge is 0.338 e. The van der Waals surface area contributed by atoms with E-state index in [2.05, 4.69) is 38.7 Å². The number of carbonyl (C=O) groups is 1. The van der Waals surface area contributed by atoms with Crippen molar-refractivity contribution in [3.8, 4) is 0 Å². The van der Waals surface area contributed by atoms with Crippen molar-refractivity contribution < 1.29 is 4.79 Å². The van der Waals surface area contributed by atoms with E-state index in [4.69, 9.17) is 28.2 Å². The molecule has 1 aliphatic rings. The Bertz CT molecular complexity index is 1230. The van der Waals surface area contributed by atoms with Crippen molar-refractivity contribution in [2.45, 2.75) is 18.7 Å². The van der Waals surface area contributed by atoms with Crippen molar-refractivity contribution in [1.82, 2.24) is 5.32 Å². The van der Waals surface area contributed by atoms with Crippen LogP contribution in [0.5, 0.6) is 0 Å². The Morgan fingerprint density at radius 3 is 2.52 bits per heavy atom. The van der Waals surface area contributed by atoms with Crippen LogP contribution in [-0.4, -0.2) is 11.1 Å². The Morgan fingerprint density at radius 2 is 1.82 bits per heavy atom. The molecule has 0 fully saturated rings. The number of nitrogens with zero attached hydrogens (tertiary/aromatic N) is 1. The SMILES string of the molecule is CC1=C(C(=O)Nc2ccc(Br)cc2)C(c2ccc(Cl)cc2Cl)N=C(SCc2ccccc2)N1. The molecular weight excluding hydrogens is 541 g/mol. The molecule has 1 aliphatic heterocycles. The van der Waals surface area contributed by atoms with Gasteiger partial charge in [-0.05, 0) is 48.9 Å². The fourth-order valence-electron chi connectivity index (χ4n) is 3.42. The Morgan fingerprint density at radius 1 is 1.09 bits per heavy atom. The molecule has 1 unspecified atom stereocenters. The minimum absolute atomic E-state index is 0.241. The number of rotatable bonds is 5. The van der Waals surface area contributed by atoms with Gasteiger partial charge in [0.15, 0.2) is 5.17 Å². The Hall–Kier alpha value is -2.25. The number of aliphatic imine (C=N–C) groups is 1. The summed E-state index contributed by atoms with van der Waals surface area (Å²) in [5.74, 6) is 0.510. The van der Waals surface area contributed by atoms with Gasteiger partial charge < -0.3 is 10.6 Å². The van der Waals surface area contributed by atoms with E-state index in [-0.39, 0.29) is 5.91 Å². The fraction of sp³-hybridized carbons (Fsp3) is 0.120. The van der Waals surface area contributed by atoms with Gasteiger partial charge in [-0.15, -0.1) is 0 Å². The summed E-state index contributed by atoms with van der Waals surface area (Å²) in [5.41, 5.74) is 3.84. The predicted molar refractivity (Wildman–Crippen MR) is 143 cm³/mol. The predicted octanol–water partition coefficient (Wildman–Crippen LogP) is 7.60. The average molecular weight is 561 g/mol. The van der Waals surface area contributed by atoms with Crippen LogP contribution >= 0.6 is 50.9 Å². The molecule has 33 heavy (non-hydrogen) atoms. The Balaban J connectivity index is 1.65. The van der Waals surface area contributed by atoms with Crippen LogP contribution in [0.2, 0.25) is 10.0 Å². The van der Waals surface area contributed by atoms with Gasteiger partial charge in [0.25, 0.3) is 5.91 Å². The smallest absolute Gasteiger partial charge is 0.255 e. The van der Waals surface area contributed by atoms with E-state index >= 15 is 0 Å². The lowest BCUT2D eigenvalue weighted by molar-refractivity contribution is -0.113. The van der Waals surface area contributed by atoms with Crippen LogP contribution < -0.4 is 10.6 Å². The van der Waals surface area contributed by atoms with Crippen molar-refractivity contribution in [2.75, 3.05) is 5.32 Å². The fourth-order valence-corrected chi connectivity index (χ4v) is 5.10. The number of halogens is 3. The summed E-state index contributed by atoms with van der Waals surface area (Å²) in [6.45, 7) is 1.88. The minimum Gasteiger partial charge on any atom is -0.338 e. The third-order valence-corrected chi connectivity index (χ3v) is 7.09. The second kappa shape index (κ2) is 10.8. The summed E-state index contributed by atoms with van der Waals surface area (Å²) in [6, 6.07) is 22.3. The van der Waals surface area contributed by atoms with E-state index < -0.39 is 6.04 Å². The number of nitrogens with one attached hydrogen (secondary N) is 2. The van der Waals surface area contributed by atoms with Crippen LogP contribution in [0.3, 0.4) is 0 Å². The first-order valence-electron chi connectivity index (χ1n) is 10.1. The number of thioether (sulfide) groups is 1. The first-order valence-corrected chi connectivity index (χ1v) is 12.7. The van der Waals surface area contributed by atoms with Gasteiger partial charge in [0.1, 0.15) is 6.04 Å². The van der Waals surface area contributed by atoms with E-state index in [1.807, 2.05) is 55.5 Å². The van der Waals surface area contributed by atoms with E-state index in [1.165, 1.54) is 5.56 Å². The molecule has 0 aromatic heterocycles. The number of amides is 1. The molecule has 4 nitrogen and oxygen atoms in total. The molecule has 1 heterocycles. The highest BCUT2D eigenvalue weighted by atomic mass is 79.9. The molecular formula is C25H20BrCl2N3OS. The van der Waals surface area contributed by atoms with Gasteiger partial charge in [-0.1, -0.05) is 87.3 Å². The summed E-state index contributed by atoms with van der Waals surface area (Å²) >= 11 is 17.6. The number of amidine groups is 1. The molecule has 0 bridgehead atoms. The van der Waals surface area contributed by atoms with E-state index in [0.29, 0.717) is 21.3 Å². The van der Waals surface area contributed by atoms with Gasteiger partial charge in [0.2, 0.25) is 0 Å². The number of carbonyl (C=O) groups excluding carboxylic acids is 1. The number of allylic oxidation sites excluding steroid dienone is 1. The van der Waals surface area contributed by atoms with Gasteiger partial charge in [-0.25, -0.2) is 4.99 Å². The molecule has 0 saturated carbocycles. The molecule has 3 aromatic rings. The number of hydrogen-bond acceptors (Lipinski definition) is 4. The zero-order valence-corrected chi connectivity index (χ0v) is 21.5. The van der Waals surface area contributed by atoms with Crippen molar-refractivity contribution in [3.63, 3.8) is 0 Å².